The van der Waals surface area contributed by atoms with Crippen molar-refractivity contribution in [3.63, 3.8) is 0 Å². The third kappa shape index (κ3) is 3.77. The highest BCUT2D eigenvalue weighted by Crippen LogP contribution is 2.25. The van der Waals surface area contributed by atoms with E-state index in [2.05, 4.69) is 10.3 Å². The van der Waals surface area contributed by atoms with Crippen LogP contribution in [0.1, 0.15) is 0 Å². The quantitative estimate of drug-likeness (QED) is 0.521. The van der Waals surface area contributed by atoms with Gasteiger partial charge in [-0.1, -0.05) is 11.6 Å². The summed E-state index contributed by atoms with van der Waals surface area (Å²) in [6, 6.07) is 11.9. The van der Waals surface area contributed by atoms with E-state index in [-0.39, 0.29) is 6.61 Å². The zero-order valence-electron chi connectivity index (χ0n) is 15.3. The van der Waals surface area contributed by atoms with Gasteiger partial charge < -0.3 is 30.8 Å². The number of aliphatic hydroxyl groups is 1. The molecule has 2 heterocycles. The van der Waals surface area contributed by atoms with Crippen molar-refractivity contribution in [1.82, 2.24) is 4.98 Å². The molecular formula is C20H19ClN4O4. The molecule has 1 aliphatic heterocycles. The number of carbonyl (C=O) groups excluding carboxylic acids is 2. The second kappa shape index (κ2) is 7.75. The Kier molecular flexibility index (Phi) is 5.14. The molecular weight excluding hydrogens is 396 g/mol. The van der Waals surface area contributed by atoms with Crippen LogP contribution < -0.4 is 16.0 Å². The molecule has 0 saturated carbocycles. The summed E-state index contributed by atoms with van der Waals surface area (Å²) in [4.78, 5) is 29.7. The van der Waals surface area contributed by atoms with Gasteiger partial charge in [0.05, 0.1) is 6.61 Å². The standard InChI is InChI=1S/C20H19ClN4O4/c21-12-1-4-14(5-2-12)25-7-8-29-17(20(25)28)16(26)19(27)24-13-3-6-15-11(9-13)10-23-18(15)22/h1-6,9-10,16-17,23,26H,7-8,22H2,(H,24,27)/t16-,17-/m1/s1. The van der Waals surface area contributed by atoms with Crippen molar-refractivity contribution in [3.8, 4) is 0 Å². The number of halogens is 1. The van der Waals surface area contributed by atoms with Crippen molar-refractivity contribution in [2.24, 2.45) is 0 Å². The first-order valence-electron chi connectivity index (χ1n) is 8.98. The topological polar surface area (TPSA) is 121 Å². The number of H-pyrrole nitrogens is 1. The zero-order valence-corrected chi connectivity index (χ0v) is 16.0. The number of nitrogens with zero attached hydrogens (tertiary/aromatic N) is 1. The van der Waals surface area contributed by atoms with E-state index in [9.17, 15) is 14.7 Å². The largest absolute Gasteiger partial charge is 0.385 e. The van der Waals surface area contributed by atoms with E-state index in [1.54, 1.807) is 48.7 Å². The number of aliphatic hydroxyl groups excluding tert-OH is 1. The molecule has 0 unspecified atom stereocenters. The Hall–Kier alpha value is -3.07. The molecule has 0 spiro atoms. The average molecular weight is 415 g/mol. The molecule has 4 rings (SSSR count). The van der Waals surface area contributed by atoms with Crippen molar-refractivity contribution in [1.29, 1.82) is 0 Å². The summed E-state index contributed by atoms with van der Waals surface area (Å²) in [5.74, 6) is -0.694. The van der Waals surface area contributed by atoms with Crippen LogP contribution in [0.4, 0.5) is 17.2 Å². The SMILES string of the molecule is Nc1[nH]cc2cc(NC(=O)[C@H](O)[C@H]3OCCN(c4ccc(Cl)cc4)C3=O)ccc12. The minimum Gasteiger partial charge on any atom is -0.385 e. The summed E-state index contributed by atoms with van der Waals surface area (Å²) in [7, 11) is 0. The lowest BCUT2D eigenvalue weighted by Gasteiger charge is -2.34. The summed E-state index contributed by atoms with van der Waals surface area (Å²) in [6.45, 7) is 0.509. The number of carbonyl (C=O) groups is 2. The Morgan fingerprint density at radius 3 is 2.83 bits per heavy atom. The summed E-state index contributed by atoms with van der Waals surface area (Å²) >= 11 is 5.89. The van der Waals surface area contributed by atoms with Crippen LogP contribution in [0, 0.1) is 0 Å². The lowest BCUT2D eigenvalue weighted by atomic mass is 10.1. The van der Waals surface area contributed by atoms with E-state index in [0.29, 0.717) is 28.8 Å². The maximum Gasteiger partial charge on any atom is 0.259 e. The lowest BCUT2D eigenvalue weighted by molar-refractivity contribution is -0.150. The average Bonchev–Trinajstić information content (AvgIpc) is 3.08. The molecule has 1 aromatic heterocycles. The van der Waals surface area contributed by atoms with Gasteiger partial charge in [0, 0.05) is 39.9 Å². The Balaban J connectivity index is 1.48. The number of hydrogen-bond acceptors (Lipinski definition) is 5. The molecule has 3 aromatic rings. The fourth-order valence-corrected chi connectivity index (χ4v) is 3.43. The molecule has 1 fully saturated rings. The van der Waals surface area contributed by atoms with Crippen LogP contribution in [0.15, 0.2) is 48.7 Å². The summed E-state index contributed by atoms with van der Waals surface area (Å²) < 4.78 is 5.41. The maximum absolute atomic E-state index is 12.8. The minimum absolute atomic E-state index is 0.192. The van der Waals surface area contributed by atoms with Crippen LogP contribution in [-0.4, -0.2) is 47.3 Å². The van der Waals surface area contributed by atoms with Crippen LogP contribution in [0.25, 0.3) is 10.8 Å². The number of ether oxygens (including phenoxy) is 1. The monoisotopic (exact) mass is 414 g/mol. The number of nitrogens with two attached hydrogens (primary N) is 1. The molecule has 0 bridgehead atoms. The molecule has 1 aliphatic rings. The fourth-order valence-electron chi connectivity index (χ4n) is 3.30. The maximum atomic E-state index is 12.8. The first-order valence-corrected chi connectivity index (χ1v) is 9.36. The molecule has 0 aliphatic carbocycles. The van der Waals surface area contributed by atoms with Crippen molar-refractivity contribution in [2.75, 3.05) is 29.1 Å². The number of benzene rings is 2. The van der Waals surface area contributed by atoms with Crippen molar-refractivity contribution < 1.29 is 19.4 Å². The highest BCUT2D eigenvalue weighted by Gasteiger charge is 2.39. The molecule has 0 radical (unpaired) electrons. The predicted molar refractivity (Wildman–Crippen MR) is 111 cm³/mol. The van der Waals surface area contributed by atoms with E-state index in [1.165, 1.54) is 4.90 Å². The highest BCUT2D eigenvalue weighted by atomic mass is 35.5. The van der Waals surface area contributed by atoms with Crippen molar-refractivity contribution >= 4 is 51.4 Å². The van der Waals surface area contributed by atoms with Gasteiger partial charge in [0.2, 0.25) is 0 Å². The predicted octanol–water partition coefficient (Wildman–Crippen LogP) is 2.13. The number of amides is 2. The molecule has 2 amide bonds. The van der Waals surface area contributed by atoms with Gasteiger partial charge in [0.1, 0.15) is 5.82 Å². The normalized spacial score (nSPS) is 18.1. The van der Waals surface area contributed by atoms with E-state index in [4.69, 9.17) is 22.1 Å². The Bertz CT molecular complexity index is 1070. The Labute approximate surface area is 171 Å². The Morgan fingerprint density at radius 2 is 2.07 bits per heavy atom. The van der Waals surface area contributed by atoms with Gasteiger partial charge in [0.15, 0.2) is 12.2 Å². The number of morpholine rings is 1. The third-order valence-electron chi connectivity index (χ3n) is 4.81. The van der Waals surface area contributed by atoms with Gasteiger partial charge in [-0.15, -0.1) is 0 Å². The van der Waals surface area contributed by atoms with Gasteiger partial charge in [0.25, 0.3) is 11.8 Å². The van der Waals surface area contributed by atoms with Gasteiger partial charge in [-0.25, -0.2) is 0 Å². The van der Waals surface area contributed by atoms with E-state index in [1.807, 2.05) is 0 Å². The number of rotatable bonds is 4. The second-order valence-corrected chi connectivity index (χ2v) is 7.13. The summed E-state index contributed by atoms with van der Waals surface area (Å²) in [5, 5.41) is 15.3. The summed E-state index contributed by atoms with van der Waals surface area (Å²) in [5.41, 5.74) is 6.90. The first-order chi connectivity index (χ1) is 13.9. The van der Waals surface area contributed by atoms with Crippen LogP contribution in [0.2, 0.25) is 5.02 Å². The van der Waals surface area contributed by atoms with Crippen LogP contribution >= 0.6 is 11.6 Å². The Morgan fingerprint density at radius 1 is 1.31 bits per heavy atom. The molecule has 2 atom stereocenters. The molecule has 5 N–H and O–H groups in total. The van der Waals surface area contributed by atoms with Crippen LogP contribution in [-0.2, 0) is 14.3 Å². The minimum atomic E-state index is -1.66. The van der Waals surface area contributed by atoms with Crippen LogP contribution in [0.3, 0.4) is 0 Å². The number of aromatic nitrogens is 1. The smallest absolute Gasteiger partial charge is 0.259 e. The molecule has 29 heavy (non-hydrogen) atoms. The molecule has 8 nitrogen and oxygen atoms in total. The molecule has 9 heteroatoms. The van der Waals surface area contributed by atoms with Gasteiger partial charge in [-0.3, -0.25) is 9.59 Å². The number of hydrogen-bond donors (Lipinski definition) is 4. The van der Waals surface area contributed by atoms with E-state index >= 15 is 0 Å². The molecule has 150 valence electrons. The van der Waals surface area contributed by atoms with E-state index < -0.39 is 24.0 Å². The number of aromatic amines is 1. The van der Waals surface area contributed by atoms with Crippen molar-refractivity contribution in [3.05, 3.63) is 53.7 Å². The number of nitrogens with one attached hydrogen (secondary N) is 2. The number of fused-ring (bicyclic) bond motifs is 1. The number of anilines is 3. The van der Waals surface area contributed by atoms with E-state index in [0.717, 1.165) is 10.8 Å². The number of nitrogen functional groups attached to an aromatic ring is 1. The fraction of sp³-hybridized carbons (Fsp3) is 0.200. The van der Waals surface area contributed by atoms with Crippen LogP contribution in [0.5, 0.6) is 0 Å². The van der Waals surface area contributed by atoms with Gasteiger partial charge in [-0.2, -0.15) is 0 Å². The lowest BCUT2D eigenvalue weighted by Crippen LogP contribution is -2.55. The summed E-state index contributed by atoms with van der Waals surface area (Å²) in [6.07, 6.45) is -1.25. The highest BCUT2D eigenvalue weighted by molar-refractivity contribution is 6.30. The van der Waals surface area contributed by atoms with Crippen molar-refractivity contribution in [2.45, 2.75) is 12.2 Å². The second-order valence-electron chi connectivity index (χ2n) is 6.70. The third-order valence-corrected chi connectivity index (χ3v) is 5.06. The van der Waals surface area contributed by atoms with Gasteiger partial charge in [-0.05, 0) is 42.5 Å². The molecule has 2 aromatic carbocycles. The first kappa shape index (κ1) is 19.3. The molecule has 1 saturated heterocycles. The zero-order chi connectivity index (χ0) is 20.5. The van der Waals surface area contributed by atoms with Gasteiger partial charge >= 0.3 is 0 Å².